The lowest BCUT2D eigenvalue weighted by Gasteiger charge is -2.37. The number of benzene rings is 2. The number of aryl methyl sites for hydroxylation is 1. The molecule has 0 aromatic heterocycles. The number of amides is 1. The number of rotatable bonds is 5. The summed E-state index contributed by atoms with van der Waals surface area (Å²) in [4.78, 5) is 11.8. The maximum absolute atomic E-state index is 11.8. The van der Waals surface area contributed by atoms with Gasteiger partial charge >= 0.3 is 6.09 Å². The standard InChI is InChI=1S/C19H21ClN2O2/c1-13-7-8-15(20)9-18(13)21-16-10-17(11-16)22-19(23)24-12-14-5-3-2-4-6-14/h2-9,16-17,21H,10-12H2,1H3,(H,22,23). The first-order valence-corrected chi connectivity index (χ1v) is 8.48. The van der Waals surface area contributed by atoms with Crippen LogP contribution in [0, 0.1) is 6.92 Å². The van der Waals surface area contributed by atoms with Gasteiger partial charge in [-0.15, -0.1) is 0 Å². The van der Waals surface area contributed by atoms with Crippen molar-refractivity contribution in [2.24, 2.45) is 0 Å². The fraction of sp³-hybridized carbons (Fsp3) is 0.316. The van der Waals surface area contributed by atoms with E-state index in [2.05, 4.69) is 10.6 Å². The third-order valence-corrected chi connectivity index (χ3v) is 4.47. The van der Waals surface area contributed by atoms with Crippen LogP contribution >= 0.6 is 11.6 Å². The lowest BCUT2D eigenvalue weighted by atomic mass is 9.86. The molecule has 2 N–H and O–H groups in total. The van der Waals surface area contributed by atoms with Crippen LogP contribution in [0.5, 0.6) is 0 Å². The van der Waals surface area contributed by atoms with Gasteiger partial charge in [0.25, 0.3) is 0 Å². The number of anilines is 1. The second-order valence-electron chi connectivity index (χ2n) is 6.17. The molecule has 1 fully saturated rings. The lowest BCUT2D eigenvalue weighted by molar-refractivity contribution is 0.129. The summed E-state index contributed by atoms with van der Waals surface area (Å²) in [7, 11) is 0. The SMILES string of the molecule is Cc1ccc(Cl)cc1NC1CC(NC(=O)OCc2ccccc2)C1. The molecule has 1 aliphatic rings. The summed E-state index contributed by atoms with van der Waals surface area (Å²) >= 11 is 6.03. The minimum absolute atomic E-state index is 0.158. The van der Waals surface area contributed by atoms with Gasteiger partial charge in [-0.25, -0.2) is 4.79 Å². The van der Waals surface area contributed by atoms with Crippen LogP contribution in [0.1, 0.15) is 24.0 Å². The Hall–Kier alpha value is -2.20. The summed E-state index contributed by atoms with van der Waals surface area (Å²) in [6.45, 7) is 2.34. The quantitative estimate of drug-likeness (QED) is 0.838. The molecule has 1 aliphatic carbocycles. The molecule has 0 aliphatic heterocycles. The molecular formula is C19H21ClN2O2. The molecule has 126 valence electrons. The molecule has 5 heteroatoms. The zero-order valence-electron chi connectivity index (χ0n) is 13.6. The van der Waals surface area contributed by atoms with Crippen LogP contribution in [0.3, 0.4) is 0 Å². The summed E-state index contributed by atoms with van der Waals surface area (Å²) < 4.78 is 5.23. The van der Waals surface area contributed by atoms with Crippen molar-refractivity contribution in [2.75, 3.05) is 5.32 Å². The predicted molar refractivity (Wildman–Crippen MR) is 96.4 cm³/mol. The highest BCUT2D eigenvalue weighted by Crippen LogP contribution is 2.27. The number of nitrogens with one attached hydrogen (secondary N) is 2. The smallest absolute Gasteiger partial charge is 0.407 e. The van der Waals surface area contributed by atoms with Crippen molar-refractivity contribution in [1.82, 2.24) is 5.32 Å². The largest absolute Gasteiger partial charge is 0.445 e. The van der Waals surface area contributed by atoms with Gasteiger partial charge < -0.3 is 15.4 Å². The molecule has 24 heavy (non-hydrogen) atoms. The Kier molecular flexibility index (Phi) is 5.26. The van der Waals surface area contributed by atoms with Crippen LogP contribution in [-0.4, -0.2) is 18.2 Å². The van der Waals surface area contributed by atoms with E-state index in [-0.39, 0.29) is 12.1 Å². The van der Waals surface area contributed by atoms with E-state index in [1.807, 2.05) is 55.5 Å². The van der Waals surface area contributed by atoms with Crippen LogP contribution in [0.2, 0.25) is 5.02 Å². The maximum atomic E-state index is 11.8. The van der Waals surface area contributed by atoms with Crippen molar-refractivity contribution in [2.45, 2.75) is 38.5 Å². The van der Waals surface area contributed by atoms with E-state index < -0.39 is 0 Å². The van der Waals surface area contributed by atoms with E-state index in [1.54, 1.807) is 0 Å². The summed E-state index contributed by atoms with van der Waals surface area (Å²) in [6.07, 6.45) is 1.40. The second-order valence-corrected chi connectivity index (χ2v) is 6.61. The summed E-state index contributed by atoms with van der Waals surface area (Å²) in [5, 5.41) is 7.10. The van der Waals surface area contributed by atoms with Gasteiger partial charge in [-0.1, -0.05) is 48.0 Å². The number of alkyl carbamates (subject to hydrolysis) is 1. The normalized spacial score (nSPS) is 19.2. The Bertz CT molecular complexity index is 700. The topological polar surface area (TPSA) is 50.4 Å². The van der Waals surface area contributed by atoms with Crippen molar-refractivity contribution in [3.63, 3.8) is 0 Å². The van der Waals surface area contributed by atoms with E-state index in [0.717, 1.165) is 34.7 Å². The Labute approximate surface area is 147 Å². The van der Waals surface area contributed by atoms with E-state index in [0.29, 0.717) is 12.6 Å². The molecule has 4 nitrogen and oxygen atoms in total. The number of hydrogen-bond acceptors (Lipinski definition) is 3. The van der Waals surface area contributed by atoms with Crippen LogP contribution in [0.25, 0.3) is 0 Å². The first-order chi connectivity index (χ1) is 11.6. The van der Waals surface area contributed by atoms with Gasteiger partial charge in [-0.3, -0.25) is 0 Å². The second kappa shape index (κ2) is 7.58. The summed E-state index contributed by atoms with van der Waals surface area (Å²) in [5.41, 5.74) is 3.20. The number of carbonyl (C=O) groups excluding carboxylic acids is 1. The number of halogens is 1. The third kappa shape index (κ3) is 4.42. The van der Waals surface area contributed by atoms with Gasteiger partial charge in [0.15, 0.2) is 0 Å². The Morgan fingerprint density at radius 3 is 2.67 bits per heavy atom. The van der Waals surface area contributed by atoms with Gasteiger partial charge in [0.05, 0.1) is 0 Å². The zero-order chi connectivity index (χ0) is 16.9. The molecule has 1 amide bonds. The average molecular weight is 345 g/mol. The minimum atomic E-state index is -0.360. The van der Waals surface area contributed by atoms with E-state index in [4.69, 9.17) is 16.3 Å². The highest BCUT2D eigenvalue weighted by atomic mass is 35.5. The number of hydrogen-bond donors (Lipinski definition) is 2. The molecule has 3 rings (SSSR count). The highest BCUT2D eigenvalue weighted by molar-refractivity contribution is 6.30. The minimum Gasteiger partial charge on any atom is -0.445 e. The van der Waals surface area contributed by atoms with Gasteiger partial charge in [0, 0.05) is 22.8 Å². The Morgan fingerprint density at radius 1 is 1.17 bits per heavy atom. The van der Waals surface area contributed by atoms with Gasteiger partial charge in [0.1, 0.15) is 6.61 Å². The molecule has 0 spiro atoms. The van der Waals surface area contributed by atoms with E-state index >= 15 is 0 Å². The fourth-order valence-electron chi connectivity index (χ4n) is 2.75. The highest BCUT2D eigenvalue weighted by Gasteiger charge is 2.30. The fourth-order valence-corrected chi connectivity index (χ4v) is 2.93. The first-order valence-electron chi connectivity index (χ1n) is 8.10. The molecular weight excluding hydrogens is 324 g/mol. The zero-order valence-corrected chi connectivity index (χ0v) is 14.3. The molecule has 0 saturated heterocycles. The van der Waals surface area contributed by atoms with Crippen LogP contribution in [0.4, 0.5) is 10.5 Å². The molecule has 0 bridgehead atoms. The molecule has 0 unspecified atom stereocenters. The third-order valence-electron chi connectivity index (χ3n) is 4.23. The summed E-state index contributed by atoms with van der Waals surface area (Å²) in [6, 6.07) is 16.0. The lowest BCUT2D eigenvalue weighted by Crippen LogP contribution is -2.49. The van der Waals surface area contributed by atoms with Crippen molar-refractivity contribution in [1.29, 1.82) is 0 Å². The maximum Gasteiger partial charge on any atom is 0.407 e. The molecule has 0 radical (unpaired) electrons. The molecule has 2 aromatic rings. The van der Waals surface area contributed by atoms with E-state index in [1.165, 1.54) is 0 Å². The van der Waals surface area contributed by atoms with Gasteiger partial charge in [-0.2, -0.15) is 0 Å². The van der Waals surface area contributed by atoms with Crippen LogP contribution in [-0.2, 0) is 11.3 Å². The summed E-state index contributed by atoms with van der Waals surface area (Å²) in [5.74, 6) is 0. The molecule has 0 heterocycles. The molecule has 1 saturated carbocycles. The van der Waals surface area contributed by atoms with Gasteiger partial charge in [0.2, 0.25) is 0 Å². The molecule has 0 atom stereocenters. The van der Waals surface area contributed by atoms with Gasteiger partial charge in [-0.05, 0) is 43.0 Å². The Morgan fingerprint density at radius 2 is 1.92 bits per heavy atom. The predicted octanol–water partition coefficient (Wildman–Crippen LogP) is 4.52. The van der Waals surface area contributed by atoms with Crippen molar-refractivity contribution in [3.05, 3.63) is 64.7 Å². The van der Waals surface area contributed by atoms with Crippen molar-refractivity contribution < 1.29 is 9.53 Å². The monoisotopic (exact) mass is 344 g/mol. The number of carbonyl (C=O) groups is 1. The van der Waals surface area contributed by atoms with Crippen LogP contribution < -0.4 is 10.6 Å². The number of ether oxygens (including phenoxy) is 1. The molecule has 2 aromatic carbocycles. The average Bonchev–Trinajstić information content (AvgIpc) is 2.55. The first kappa shape index (κ1) is 16.7. The van der Waals surface area contributed by atoms with Crippen LogP contribution in [0.15, 0.2) is 48.5 Å². The van der Waals surface area contributed by atoms with Crippen molar-refractivity contribution >= 4 is 23.4 Å². The van der Waals surface area contributed by atoms with E-state index in [9.17, 15) is 4.79 Å². The Balaban J connectivity index is 1.39. The van der Waals surface area contributed by atoms with Crippen molar-refractivity contribution in [3.8, 4) is 0 Å².